The van der Waals surface area contributed by atoms with Gasteiger partial charge in [0.2, 0.25) is 0 Å². The first-order chi connectivity index (χ1) is 6.79. The van der Waals surface area contributed by atoms with Gasteiger partial charge in [-0.1, -0.05) is 33.8 Å². The van der Waals surface area contributed by atoms with Crippen molar-refractivity contribution in [3.63, 3.8) is 0 Å². The molecule has 1 aromatic carbocycles. The number of halogens is 2. The largest absolute Gasteiger partial charge is 0.298 e. The summed E-state index contributed by atoms with van der Waals surface area (Å²) < 4.78 is 13.4. The molecule has 3 heteroatoms. The summed E-state index contributed by atoms with van der Waals surface area (Å²) in [5.74, 6) is 4.93. The van der Waals surface area contributed by atoms with Gasteiger partial charge in [-0.25, -0.2) is 4.39 Å². The summed E-state index contributed by atoms with van der Waals surface area (Å²) in [6.07, 6.45) is 1.15. The molecule has 0 aliphatic heterocycles. The summed E-state index contributed by atoms with van der Waals surface area (Å²) in [5, 5.41) is 0.759. The predicted octanol–water partition coefficient (Wildman–Crippen LogP) is 2.77. The van der Waals surface area contributed by atoms with Crippen molar-refractivity contribution in [1.82, 2.24) is 0 Å². The monoisotopic (exact) mass is 254 g/mol. The average molecular weight is 255 g/mol. The highest BCUT2D eigenvalue weighted by Crippen LogP contribution is 2.09. The molecule has 1 nitrogen and oxygen atoms in total. The van der Waals surface area contributed by atoms with Gasteiger partial charge >= 0.3 is 0 Å². The van der Waals surface area contributed by atoms with E-state index in [4.69, 9.17) is 0 Å². The third-order valence-electron chi connectivity index (χ3n) is 1.60. The van der Waals surface area contributed by atoms with Crippen LogP contribution >= 0.6 is 15.9 Å². The Labute approximate surface area is 90.4 Å². The van der Waals surface area contributed by atoms with Crippen LogP contribution < -0.4 is 0 Å². The summed E-state index contributed by atoms with van der Waals surface area (Å²) >= 11 is 3.22. The summed E-state index contributed by atoms with van der Waals surface area (Å²) in [7, 11) is 0. The Morgan fingerprint density at radius 3 is 2.93 bits per heavy atom. The van der Waals surface area contributed by atoms with Crippen LogP contribution in [0.15, 0.2) is 18.2 Å². The summed E-state index contributed by atoms with van der Waals surface area (Å²) in [6.45, 7) is 0. The Bertz CT molecular complexity index is 390. The Hall–Kier alpha value is -1.14. The van der Waals surface area contributed by atoms with Crippen LogP contribution in [0, 0.1) is 17.7 Å². The van der Waals surface area contributed by atoms with Crippen LogP contribution in [0.3, 0.4) is 0 Å². The standard InChI is InChI=1S/C11H8BrFO/c12-7-2-1-4-9-5-3-6-10(8-14)11(9)13/h3,5-6,8H,2,7H2. The van der Waals surface area contributed by atoms with Gasteiger partial charge in [0.05, 0.1) is 11.1 Å². The van der Waals surface area contributed by atoms with E-state index in [1.165, 1.54) is 6.07 Å². The molecule has 0 atom stereocenters. The lowest BCUT2D eigenvalue weighted by atomic mass is 10.1. The summed E-state index contributed by atoms with van der Waals surface area (Å²) in [6, 6.07) is 4.60. The zero-order valence-corrected chi connectivity index (χ0v) is 8.97. The van der Waals surface area contributed by atoms with Crippen molar-refractivity contribution < 1.29 is 9.18 Å². The molecule has 0 aliphatic rings. The van der Waals surface area contributed by atoms with Crippen molar-refractivity contribution in [2.24, 2.45) is 0 Å². The molecule has 0 unspecified atom stereocenters. The van der Waals surface area contributed by atoms with Crippen molar-refractivity contribution in [2.45, 2.75) is 6.42 Å². The lowest BCUT2D eigenvalue weighted by Gasteiger charge is -1.96. The molecule has 1 rings (SSSR count). The number of carbonyl (C=O) groups is 1. The molecule has 0 heterocycles. The Balaban J connectivity index is 2.99. The molecule has 14 heavy (non-hydrogen) atoms. The van der Waals surface area contributed by atoms with Crippen molar-refractivity contribution in [2.75, 3.05) is 5.33 Å². The SMILES string of the molecule is O=Cc1cccc(C#CCCBr)c1F. The van der Waals surface area contributed by atoms with Gasteiger partial charge in [-0.3, -0.25) is 4.79 Å². The number of aldehydes is 1. The maximum atomic E-state index is 13.4. The van der Waals surface area contributed by atoms with E-state index in [9.17, 15) is 9.18 Å². The van der Waals surface area contributed by atoms with Crippen LogP contribution in [0.25, 0.3) is 0 Å². The van der Waals surface area contributed by atoms with E-state index >= 15 is 0 Å². The van der Waals surface area contributed by atoms with Gasteiger partial charge in [0.15, 0.2) is 6.29 Å². The normalized spacial score (nSPS) is 9.00. The summed E-state index contributed by atoms with van der Waals surface area (Å²) in [5.41, 5.74) is 0.325. The fraction of sp³-hybridized carbons (Fsp3) is 0.182. The molecule has 1 aromatic rings. The molecule has 0 spiro atoms. The van der Waals surface area contributed by atoms with Gasteiger partial charge < -0.3 is 0 Å². The molecule has 0 aliphatic carbocycles. The first kappa shape index (κ1) is 10.9. The molecule has 0 N–H and O–H groups in total. The highest BCUT2D eigenvalue weighted by molar-refractivity contribution is 9.09. The highest BCUT2D eigenvalue weighted by atomic mass is 79.9. The van der Waals surface area contributed by atoms with E-state index in [2.05, 4.69) is 27.8 Å². The number of hydrogen-bond donors (Lipinski definition) is 0. The van der Waals surface area contributed by atoms with E-state index in [1.54, 1.807) is 12.1 Å². The third-order valence-corrected chi connectivity index (χ3v) is 1.99. The van der Waals surface area contributed by atoms with E-state index in [-0.39, 0.29) is 11.1 Å². The Morgan fingerprint density at radius 1 is 1.50 bits per heavy atom. The van der Waals surface area contributed by atoms with Crippen LogP contribution in [0.4, 0.5) is 4.39 Å². The number of rotatable bonds is 2. The molecular formula is C11H8BrFO. The smallest absolute Gasteiger partial charge is 0.153 e. The van der Waals surface area contributed by atoms with Crippen molar-refractivity contribution in [3.8, 4) is 11.8 Å². The fourth-order valence-corrected chi connectivity index (χ4v) is 1.14. The molecule has 0 bridgehead atoms. The van der Waals surface area contributed by atoms with Crippen molar-refractivity contribution in [1.29, 1.82) is 0 Å². The van der Waals surface area contributed by atoms with E-state index in [0.717, 1.165) is 5.33 Å². The van der Waals surface area contributed by atoms with Gasteiger partial charge in [-0.05, 0) is 12.1 Å². The minimum atomic E-state index is -0.537. The Kier molecular flexibility index (Phi) is 4.34. The zero-order valence-electron chi connectivity index (χ0n) is 7.39. The van der Waals surface area contributed by atoms with Gasteiger partial charge in [-0.2, -0.15) is 0 Å². The minimum absolute atomic E-state index is 0.0515. The Morgan fingerprint density at radius 2 is 2.29 bits per heavy atom. The second kappa shape index (κ2) is 5.56. The molecule has 0 saturated heterocycles. The second-order valence-electron chi connectivity index (χ2n) is 2.57. The third kappa shape index (κ3) is 2.68. The fourth-order valence-electron chi connectivity index (χ4n) is 0.942. The molecule has 72 valence electrons. The van der Waals surface area contributed by atoms with Crippen LogP contribution in [-0.2, 0) is 0 Å². The van der Waals surface area contributed by atoms with Crippen LogP contribution in [0.2, 0.25) is 0 Å². The maximum absolute atomic E-state index is 13.4. The molecule has 0 radical (unpaired) electrons. The lowest BCUT2D eigenvalue weighted by molar-refractivity contribution is 0.112. The number of hydrogen-bond acceptors (Lipinski definition) is 1. The number of benzene rings is 1. The molecule has 0 amide bonds. The summed E-state index contributed by atoms with van der Waals surface area (Å²) in [4.78, 5) is 10.4. The second-order valence-corrected chi connectivity index (χ2v) is 3.36. The van der Waals surface area contributed by atoms with Gasteiger partial charge in [-0.15, -0.1) is 0 Å². The van der Waals surface area contributed by atoms with E-state index in [1.807, 2.05) is 0 Å². The topological polar surface area (TPSA) is 17.1 Å². The van der Waals surface area contributed by atoms with Crippen LogP contribution in [0.1, 0.15) is 22.3 Å². The van der Waals surface area contributed by atoms with Crippen LogP contribution in [0.5, 0.6) is 0 Å². The quantitative estimate of drug-likeness (QED) is 0.451. The minimum Gasteiger partial charge on any atom is -0.298 e. The van der Waals surface area contributed by atoms with Crippen molar-refractivity contribution in [3.05, 3.63) is 35.1 Å². The first-order valence-electron chi connectivity index (χ1n) is 4.08. The van der Waals surface area contributed by atoms with Gasteiger partial charge in [0.25, 0.3) is 0 Å². The predicted molar refractivity (Wildman–Crippen MR) is 57.1 cm³/mol. The number of carbonyl (C=O) groups excluding carboxylic acids is 1. The van der Waals surface area contributed by atoms with Gasteiger partial charge in [0.1, 0.15) is 5.82 Å². The lowest BCUT2D eigenvalue weighted by Crippen LogP contribution is -1.91. The zero-order chi connectivity index (χ0) is 10.4. The maximum Gasteiger partial charge on any atom is 0.153 e. The van der Waals surface area contributed by atoms with Gasteiger partial charge in [0, 0.05) is 11.8 Å². The van der Waals surface area contributed by atoms with E-state index < -0.39 is 5.82 Å². The molecule has 0 fully saturated rings. The molecular weight excluding hydrogens is 247 g/mol. The van der Waals surface area contributed by atoms with Crippen molar-refractivity contribution >= 4 is 22.2 Å². The molecule has 0 aromatic heterocycles. The number of alkyl halides is 1. The highest BCUT2D eigenvalue weighted by Gasteiger charge is 2.03. The van der Waals surface area contributed by atoms with E-state index in [0.29, 0.717) is 12.7 Å². The molecule has 0 saturated carbocycles. The average Bonchev–Trinajstić information content (AvgIpc) is 2.21. The van der Waals surface area contributed by atoms with Crippen LogP contribution in [-0.4, -0.2) is 11.6 Å². The first-order valence-corrected chi connectivity index (χ1v) is 5.20.